The lowest BCUT2D eigenvalue weighted by Crippen LogP contribution is -2.37. The molecule has 0 aliphatic rings. The number of aliphatic carboxylic acids is 1. The molecule has 0 bridgehead atoms. The summed E-state index contributed by atoms with van der Waals surface area (Å²) < 4.78 is 0. The Bertz CT molecular complexity index is 137. The van der Waals surface area contributed by atoms with E-state index in [1.165, 1.54) is 6.92 Å². The summed E-state index contributed by atoms with van der Waals surface area (Å²) in [5.41, 5.74) is 5.08. The standard InChI is InChI=1S/C6H13NO4/c1-3(8)5(9)2-4(7)6(10)11/h3-5,8-9H,2,7H2,1H3,(H,10,11)/t3?,4-,5?/m0/s1. The average Bonchev–Trinajstić information content (AvgIpc) is 1.87. The Hall–Kier alpha value is -0.650. The Morgan fingerprint density at radius 1 is 1.55 bits per heavy atom. The summed E-state index contributed by atoms with van der Waals surface area (Å²) in [6.07, 6.45) is -2.14. The number of hydrogen-bond acceptors (Lipinski definition) is 4. The molecule has 5 nitrogen and oxygen atoms in total. The summed E-state index contributed by atoms with van der Waals surface area (Å²) in [5.74, 6) is -1.18. The average molecular weight is 163 g/mol. The van der Waals surface area contributed by atoms with Crippen molar-refractivity contribution in [2.24, 2.45) is 5.73 Å². The van der Waals surface area contributed by atoms with Crippen LogP contribution in [0.15, 0.2) is 0 Å². The topological polar surface area (TPSA) is 104 Å². The van der Waals surface area contributed by atoms with Crippen molar-refractivity contribution in [1.82, 2.24) is 0 Å². The molecule has 0 aliphatic heterocycles. The Kier molecular flexibility index (Phi) is 4.02. The number of carboxylic acid groups (broad SMARTS) is 1. The molecule has 0 saturated carbocycles. The molecule has 3 atom stereocenters. The molecule has 0 rings (SSSR count). The Labute approximate surface area is 64.4 Å². The van der Waals surface area contributed by atoms with Gasteiger partial charge in [0.15, 0.2) is 0 Å². The van der Waals surface area contributed by atoms with E-state index in [4.69, 9.17) is 21.1 Å². The molecule has 0 aliphatic carbocycles. The lowest BCUT2D eigenvalue weighted by Gasteiger charge is -2.15. The molecule has 0 fully saturated rings. The largest absolute Gasteiger partial charge is 0.480 e. The minimum absolute atomic E-state index is 0.132. The lowest BCUT2D eigenvalue weighted by atomic mass is 10.1. The van der Waals surface area contributed by atoms with E-state index in [1.807, 2.05) is 0 Å². The number of rotatable bonds is 4. The van der Waals surface area contributed by atoms with Crippen LogP contribution in [-0.2, 0) is 4.79 Å². The first kappa shape index (κ1) is 10.3. The van der Waals surface area contributed by atoms with Gasteiger partial charge in [-0.25, -0.2) is 0 Å². The fourth-order valence-electron chi connectivity index (χ4n) is 0.558. The van der Waals surface area contributed by atoms with Gasteiger partial charge in [0, 0.05) is 6.42 Å². The van der Waals surface area contributed by atoms with Crippen LogP contribution in [0.4, 0.5) is 0 Å². The van der Waals surface area contributed by atoms with E-state index in [0.29, 0.717) is 0 Å². The van der Waals surface area contributed by atoms with Crippen molar-refractivity contribution in [1.29, 1.82) is 0 Å². The number of nitrogens with two attached hydrogens (primary N) is 1. The fraction of sp³-hybridized carbons (Fsp3) is 0.833. The zero-order valence-corrected chi connectivity index (χ0v) is 6.27. The first-order valence-electron chi connectivity index (χ1n) is 3.29. The van der Waals surface area contributed by atoms with Gasteiger partial charge in [0.25, 0.3) is 0 Å². The van der Waals surface area contributed by atoms with Gasteiger partial charge in [-0.3, -0.25) is 4.79 Å². The van der Waals surface area contributed by atoms with Crippen molar-refractivity contribution in [2.45, 2.75) is 31.6 Å². The van der Waals surface area contributed by atoms with Crippen molar-refractivity contribution in [2.75, 3.05) is 0 Å². The summed E-state index contributed by atoms with van der Waals surface area (Å²) in [5, 5.41) is 26.0. The van der Waals surface area contributed by atoms with E-state index in [2.05, 4.69) is 0 Å². The van der Waals surface area contributed by atoms with E-state index < -0.39 is 24.2 Å². The van der Waals surface area contributed by atoms with Crippen LogP contribution in [0.5, 0.6) is 0 Å². The van der Waals surface area contributed by atoms with Gasteiger partial charge in [-0.1, -0.05) is 0 Å². The molecule has 5 heteroatoms. The molecule has 0 radical (unpaired) electrons. The highest BCUT2D eigenvalue weighted by molar-refractivity contribution is 5.73. The number of aliphatic hydroxyl groups excluding tert-OH is 2. The van der Waals surface area contributed by atoms with Gasteiger partial charge in [-0.05, 0) is 6.92 Å². The number of carbonyl (C=O) groups is 1. The van der Waals surface area contributed by atoms with Gasteiger partial charge in [0.1, 0.15) is 6.04 Å². The highest BCUT2D eigenvalue weighted by Crippen LogP contribution is 2.00. The van der Waals surface area contributed by atoms with E-state index in [1.54, 1.807) is 0 Å². The fourth-order valence-corrected chi connectivity index (χ4v) is 0.558. The third kappa shape index (κ3) is 3.92. The van der Waals surface area contributed by atoms with Crippen molar-refractivity contribution in [3.8, 4) is 0 Å². The van der Waals surface area contributed by atoms with Crippen LogP contribution in [-0.4, -0.2) is 39.5 Å². The number of hydrogen-bond donors (Lipinski definition) is 4. The van der Waals surface area contributed by atoms with Crippen LogP contribution in [0.1, 0.15) is 13.3 Å². The first-order valence-corrected chi connectivity index (χ1v) is 3.29. The molecule has 66 valence electrons. The van der Waals surface area contributed by atoms with E-state index >= 15 is 0 Å². The van der Waals surface area contributed by atoms with Crippen molar-refractivity contribution >= 4 is 5.97 Å². The molecule has 0 amide bonds. The highest BCUT2D eigenvalue weighted by atomic mass is 16.4. The van der Waals surface area contributed by atoms with Crippen LogP contribution in [0.2, 0.25) is 0 Å². The minimum Gasteiger partial charge on any atom is -0.480 e. The van der Waals surface area contributed by atoms with E-state index in [-0.39, 0.29) is 6.42 Å². The van der Waals surface area contributed by atoms with Gasteiger partial charge in [-0.2, -0.15) is 0 Å². The smallest absolute Gasteiger partial charge is 0.320 e. The maximum Gasteiger partial charge on any atom is 0.320 e. The summed E-state index contributed by atoms with van der Waals surface area (Å²) in [4.78, 5) is 10.1. The monoisotopic (exact) mass is 163 g/mol. The lowest BCUT2D eigenvalue weighted by molar-refractivity contribution is -0.139. The maximum absolute atomic E-state index is 10.1. The number of aliphatic hydroxyl groups is 2. The second kappa shape index (κ2) is 4.27. The molecule has 5 N–H and O–H groups in total. The zero-order valence-electron chi connectivity index (χ0n) is 6.27. The van der Waals surface area contributed by atoms with Crippen molar-refractivity contribution in [3.63, 3.8) is 0 Å². The second-order valence-corrected chi connectivity index (χ2v) is 2.49. The van der Waals surface area contributed by atoms with E-state index in [0.717, 1.165) is 0 Å². The molecule has 0 spiro atoms. The van der Waals surface area contributed by atoms with Crippen molar-refractivity contribution in [3.05, 3.63) is 0 Å². The Morgan fingerprint density at radius 2 is 2.00 bits per heavy atom. The van der Waals surface area contributed by atoms with Gasteiger partial charge >= 0.3 is 5.97 Å². The van der Waals surface area contributed by atoms with Gasteiger partial charge in [0.2, 0.25) is 0 Å². The normalized spacial score (nSPS) is 18.9. The Balaban J connectivity index is 3.75. The SMILES string of the molecule is CC(O)C(O)C[C@H](N)C(=O)O. The molecule has 0 heterocycles. The van der Waals surface area contributed by atoms with Crippen LogP contribution >= 0.6 is 0 Å². The Morgan fingerprint density at radius 3 is 2.27 bits per heavy atom. The molecular formula is C6H13NO4. The molecule has 11 heavy (non-hydrogen) atoms. The van der Waals surface area contributed by atoms with E-state index in [9.17, 15) is 4.79 Å². The van der Waals surface area contributed by atoms with Crippen LogP contribution in [0, 0.1) is 0 Å². The highest BCUT2D eigenvalue weighted by Gasteiger charge is 2.19. The molecule has 0 aromatic rings. The summed E-state index contributed by atoms with van der Waals surface area (Å²) in [6.45, 7) is 1.37. The molecule has 0 saturated heterocycles. The van der Waals surface area contributed by atoms with Gasteiger partial charge in [0.05, 0.1) is 12.2 Å². The second-order valence-electron chi connectivity index (χ2n) is 2.49. The third-order valence-corrected chi connectivity index (χ3v) is 1.37. The maximum atomic E-state index is 10.1. The molecular weight excluding hydrogens is 150 g/mol. The van der Waals surface area contributed by atoms with Gasteiger partial charge in [-0.15, -0.1) is 0 Å². The summed E-state index contributed by atoms with van der Waals surface area (Å²) in [6, 6.07) is -1.11. The predicted octanol–water partition coefficient (Wildman–Crippen LogP) is -1.47. The molecule has 0 aromatic heterocycles. The first-order chi connectivity index (χ1) is 4.95. The van der Waals surface area contributed by atoms with Crippen LogP contribution < -0.4 is 5.73 Å². The quantitative estimate of drug-likeness (QED) is 0.405. The van der Waals surface area contributed by atoms with Gasteiger partial charge < -0.3 is 21.1 Å². The molecule has 0 aromatic carbocycles. The summed E-state index contributed by atoms with van der Waals surface area (Å²) in [7, 11) is 0. The summed E-state index contributed by atoms with van der Waals surface area (Å²) >= 11 is 0. The zero-order chi connectivity index (χ0) is 9.02. The minimum atomic E-state index is -1.18. The molecule has 2 unspecified atom stereocenters. The van der Waals surface area contributed by atoms with Crippen LogP contribution in [0.3, 0.4) is 0 Å². The predicted molar refractivity (Wildman–Crippen MR) is 37.9 cm³/mol. The third-order valence-electron chi connectivity index (χ3n) is 1.37. The number of carboxylic acids is 1. The van der Waals surface area contributed by atoms with Crippen molar-refractivity contribution < 1.29 is 20.1 Å². The van der Waals surface area contributed by atoms with Crippen LogP contribution in [0.25, 0.3) is 0 Å².